The van der Waals surface area contributed by atoms with Gasteiger partial charge in [-0.05, 0) is 85.9 Å². The van der Waals surface area contributed by atoms with E-state index >= 15 is 0 Å². The Morgan fingerprint density at radius 2 is 1.68 bits per heavy atom. The zero-order valence-electron chi connectivity index (χ0n) is 21.4. The standard InChI is InChI=1S/C30H31N3O4S/c1-2-20-6-9-23(10-7-20)38(35,36)37-28-13-11-24(29-25(28)18-31-30(29)34)27-17-22-16-21(8-12-26(22)32-27)19-33-14-4-3-5-15-33/h6-13,16-17,32H,2-5,14-15,18-19H2,1H3,(H,31,34). The number of carbonyl (C=O) groups is 1. The average Bonchev–Trinajstić information content (AvgIpc) is 3.53. The molecule has 6 rings (SSSR count). The molecule has 0 saturated carbocycles. The maximum absolute atomic E-state index is 13.0. The topological polar surface area (TPSA) is 91.5 Å². The quantitative estimate of drug-likeness (QED) is 0.313. The summed E-state index contributed by atoms with van der Waals surface area (Å²) < 4.78 is 31.5. The molecule has 196 valence electrons. The number of likely N-dealkylation sites (tertiary alicyclic amines) is 1. The smallest absolute Gasteiger partial charge is 0.339 e. The molecule has 3 heterocycles. The van der Waals surface area contributed by atoms with E-state index in [4.69, 9.17) is 4.18 Å². The van der Waals surface area contributed by atoms with Crippen LogP contribution in [0.2, 0.25) is 0 Å². The number of hydrogen-bond donors (Lipinski definition) is 2. The van der Waals surface area contributed by atoms with Gasteiger partial charge in [-0.15, -0.1) is 0 Å². The Hall–Kier alpha value is -3.62. The van der Waals surface area contributed by atoms with Gasteiger partial charge in [0.15, 0.2) is 0 Å². The van der Waals surface area contributed by atoms with Crippen molar-refractivity contribution in [2.24, 2.45) is 0 Å². The predicted molar refractivity (Wildman–Crippen MR) is 148 cm³/mol. The first-order chi connectivity index (χ1) is 18.4. The van der Waals surface area contributed by atoms with Crippen molar-refractivity contribution in [2.45, 2.75) is 50.6 Å². The number of carbonyl (C=O) groups excluding carboxylic acids is 1. The lowest BCUT2D eigenvalue weighted by Crippen LogP contribution is -2.28. The summed E-state index contributed by atoms with van der Waals surface area (Å²) in [6.07, 6.45) is 4.65. The Labute approximate surface area is 222 Å². The van der Waals surface area contributed by atoms with Gasteiger partial charge in [-0.1, -0.05) is 31.5 Å². The van der Waals surface area contributed by atoms with Gasteiger partial charge < -0.3 is 14.5 Å². The lowest BCUT2D eigenvalue weighted by molar-refractivity contribution is 0.0966. The van der Waals surface area contributed by atoms with Gasteiger partial charge >= 0.3 is 10.1 Å². The third-order valence-electron chi connectivity index (χ3n) is 7.57. The van der Waals surface area contributed by atoms with Crippen molar-refractivity contribution >= 4 is 26.9 Å². The van der Waals surface area contributed by atoms with E-state index in [0.717, 1.165) is 53.8 Å². The molecular formula is C30H31N3O4S. The monoisotopic (exact) mass is 529 g/mol. The van der Waals surface area contributed by atoms with Crippen molar-refractivity contribution in [2.75, 3.05) is 13.1 Å². The third-order valence-corrected chi connectivity index (χ3v) is 8.82. The molecule has 0 radical (unpaired) electrons. The number of aromatic nitrogens is 1. The van der Waals surface area contributed by atoms with Gasteiger partial charge in [-0.3, -0.25) is 9.69 Å². The highest BCUT2D eigenvalue weighted by Gasteiger charge is 2.30. The van der Waals surface area contributed by atoms with Gasteiger partial charge in [0.1, 0.15) is 10.6 Å². The molecule has 1 aromatic heterocycles. The number of H-pyrrole nitrogens is 1. The van der Waals surface area contributed by atoms with E-state index in [2.05, 4.69) is 39.5 Å². The number of fused-ring (bicyclic) bond motifs is 2. The van der Waals surface area contributed by atoms with Crippen molar-refractivity contribution in [3.63, 3.8) is 0 Å². The summed E-state index contributed by atoms with van der Waals surface area (Å²) in [6.45, 7) is 5.45. The molecular weight excluding hydrogens is 498 g/mol. The van der Waals surface area contributed by atoms with Crippen LogP contribution in [-0.2, 0) is 29.6 Å². The molecule has 1 fully saturated rings. The molecule has 4 aromatic rings. The number of hydrogen-bond acceptors (Lipinski definition) is 5. The fourth-order valence-electron chi connectivity index (χ4n) is 5.48. The van der Waals surface area contributed by atoms with Crippen LogP contribution < -0.4 is 9.50 Å². The Balaban J connectivity index is 1.31. The van der Waals surface area contributed by atoms with E-state index in [0.29, 0.717) is 11.1 Å². The number of nitrogens with one attached hydrogen (secondary N) is 2. The molecule has 0 atom stereocenters. The van der Waals surface area contributed by atoms with Crippen LogP contribution in [0, 0.1) is 0 Å². The maximum Gasteiger partial charge on any atom is 0.339 e. The summed E-state index contributed by atoms with van der Waals surface area (Å²) in [4.78, 5) is 18.9. The molecule has 7 nitrogen and oxygen atoms in total. The molecule has 38 heavy (non-hydrogen) atoms. The van der Waals surface area contributed by atoms with Gasteiger partial charge in [0.05, 0.1) is 5.56 Å². The lowest BCUT2D eigenvalue weighted by Gasteiger charge is -2.26. The van der Waals surface area contributed by atoms with Crippen molar-refractivity contribution < 1.29 is 17.4 Å². The van der Waals surface area contributed by atoms with E-state index in [1.807, 2.05) is 6.92 Å². The Morgan fingerprint density at radius 3 is 2.45 bits per heavy atom. The second-order valence-corrected chi connectivity index (χ2v) is 11.7. The zero-order valence-corrected chi connectivity index (χ0v) is 22.2. The minimum atomic E-state index is -4.04. The van der Waals surface area contributed by atoms with Gasteiger partial charge in [0.25, 0.3) is 5.91 Å². The SMILES string of the molecule is CCc1ccc(S(=O)(=O)Oc2ccc(-c3cc4cc(CN5CCCCC5)ccc4[nH]3)c3c2CNC3=O)cc1. The van der Waals surface area contributed by atoms with Crippen LogP contribution in [0.25, 0.3) is 22.2 Å². The minimum absolute atomic E-state index is 0.0841. The van der Waals surface area contributed by atoms with E-state index in [-0.39, 0.29) is 23.1 Å². The van der Waals surface area contributed by atoms with Gasteiger partial charge in [0.2, 0.25) is 0 Å². The summed E-state index contributed by atoms with van der Waals surface area (Å²) in [6, 6.07) is 18.6. The van der Waals surface area contributed by atoms with E-state index in [1.165, 1.54) is 24.8 Å². The van der Waals surface area contributed by atoms with E-state index in [9.17, 15) is 13.2 Å². The van der Waals surface area contributed by atoms with Crippen molar-refractivity contribution in [3.8, 4) is 17.0 Å². The molecule has 2 N–H and O–H groups in total. The average molecular weight is 530 g/mol. The number of rotatable bonds is 7. The molecule has 1 amide bonds. The highest BCUT2D eigenvalue weighted by atomic mass is 32.2. The molecule has 0 aliphatic carbocycles. The number of benzene rings is 3. The number of nitrogens with zero attached hydrogens (tertiary/aromatic N) is 1. The number of piperidine rings is 1. The summed E-state index contributed by atoms with van der Waals surface area (Å²) in [5, 5.41) is 3.91. The molecule has 2 aliphatic heterocycles. The third kappa shape index (κ3) is 4.70. The second-order valence-electron chi connectivity index (χ2n) is 10.1. The molecule has 1 saturated heterocycles. The van der Waals surface area contributed by atoms with Gasteiger partial charge in [-0.2, -0.15) is 8.42 Å². The highest BCUT2D eigenvalue weighted by molar-refractivity contribution is 7.87. The summed E-state index contributed by atoms with van der Waals surface area (Å²) >= 11 is 0. The number of amides is 1. The van der Waals surface area contributed by atoms with E-state index in [1.54, 1.807) is 36.4 Å². The fourth-order valence-corrected chi connectivity index (χ4v) is 6.44. The summed E-state index contributed by atoms with van der Waals surface area (Å²) in [5.74, 6) is -0.0730. The minimum Gasteiger partial charge on any atom is -0.379 e. The van der Waals surface area contributed by atoms with Crippen LogP contribution in [0.5, 0.6) is 5.75 Å². The highest BCUT2D eigenvalue weighted by Crippen LogP contribution is 2.37. The van der Waals surface area contributed by atoms with Crippen LogP contribution in [0.1, 0.15) is 53.2 Å². The Bertz CT molecular complexity index is 1620. The molecule has 3 aromatic carbocycles. The number of aromatic amines is 1. The van der Waals surface area contributed by atoms with Gasteiger partial charge in [-0.25, -0.2) is 0 Å². The number of aryl methyl sites for hydroxylation is 1. The fraction of sp³-hybridized carbons (Fsp3) is 0.300. The molecule has 2 aliphatic rings. The molecule has 0 bridgehead atoms. The van der Waals surface area contributed by atoms with Crippen LogP contribution in [0.3, 0.4) is 0 Å². The Kier molecular flexibility index (Phi) is 6.45. The second kappa shape index (κ2) is 9.93. The van der Waals surface area contributed by atoms with Crippen molar-refractivity contribution in [1.29, 1.82) is 0 Å². The van der Waals surface area contributed by atoms with Gasteiger partial charge in [0, 0.05) is 40.8 Å². The Morgan fingerprint density at radius 1 is 0.921 bits per heavy atom. The normalized spacial score (nSPS) is 16.0. The molecule has 0 unspecified atom stereocenters. The van der Waals surface area contributed by atoms with Crippen molar-refractivity contribution in [1.82, 2.24) is 15.2 Å². The van der Waals surface area contributed by atoms with Crippen LogP contribution >= 0.6 is 0 Å². The summed E-state index contributed by atoms with van der Waals surface area (Å²) in [7, 11) is -4.04. The molecule has 0 spiro atoms. The van der Waals surface area contributed by atoms with Crippen LogP contribution in [-0.4, -0.2) is 37.3 Å². The van der Waals surface area contributed by atoms with Crippen LogP contribution in [0.15, 0.2) is 65.6 Å². The van der Waals surface area contributed by atoms with E-state index < -0.39 is 10.1 Å². The largest absolute Gasteiger partial charge is 0.379 e. The predicted octanol–water partition coefficient (Wildman–Crippen LogP) is 5.39. The van der Waals surface area contributed by atoms with Crippen molar-refractivity contribution in [3.05, 3.63) is 82.9 Å². The van der Waals surface area contributed by atoms with Crippen LogP contribution in [0.4, 0.5) is 0 Å². The lowest BCUT2D eigenvalue weighted by atomic mass is 9.99. The first-order valence-electron chi connectivity index (χ1n) is 13.2. The first kappa shape index (κ1) is 24.7. The first-order valence-corrected chi connectivity index (χ1v) is 14.6. The zero-order chi connectivity index (χ0) is 26.3. The molecule has 8 heteroatoms. The maximum atomic E-state index is 13.0. The summed E-state index contributed by atoms with van der Waals surface area (Å²) in [5.41, 5.74) is 5.83.